The Morgan fingerprint density at radius 3 is 2.42 bits per heavy atom. The Morgan fingerprint density at radius 2 is 1.85 bits per heavy atom. The van der Waals surface area contributed by atoms with Crippen LogP contribution in [0, 0.1) is 6.92 Å². The molecule has 1 saturated heterocycles. The Labute approximate surface area is 155 Å². The molecule has 1 aliphatic heterocycles. The van der Waals surface area contributed by atoms with Crippen molar-refractivity contribution in [2.45, 2.75) is 20.8 Å². The number of carbonyl (C=O) groups is 1. The van der Waals surface area contributed by atoms with Crippen LogP contribution >= 0.6 is 0 Å². The number of amides is 1. The van der Waals surface area contributed by atoms with Gasteiger partial charge in [-0.15, -0.1) is 10.2 Å². The second-order valence-electron chi connectivity index (χ2n) is 6.59. The molecular formula is C20H27N5O. The monoisotopic (exact) mass is 353 g/mol. The fourth-order valence-electron chi connectivity index (χ4n) is 3.28. The summed E-state index contributed by atoms with van der Waals surface area (Å²) in [6.45, 7) is 11.8. The number of aryl methyl sites for hydroxylation is 1. The summed E-state index contributed by atoms with van der Waals surface area (Å²) in [7, 11) is 0. The molecule has 1 aromatic carbocycles. The molecular weight excluding hydrogens is 326 g/mol. The summed E-state index contributed by atoms with van der Waals surface area (Å²) in [6, 6.07) is 11.6. The number of anilines is 2. The maximum Gasteiger partial charge on any atom is 0.278 e. The molecule has 0 aliphatic carbocycles. The SMILES string of the molecule is CCN1CCN(c2ccc(C(=O)N(CC)c3cccc(C)c3)nn2)CC1. The zero-order valence-electron chi connectivity index (χ0n) is 15.9. The number of piperazine rings is 1. The lowest BCUT2D eigenvalue weighted by molar-refractivity contribution is 0.0982. The summed E-state index contributed by atoms with van der Waals surface area (Å²) in [5.74, 6) is 0.726. The Kier molecular flexibility index (Phi) is 5.83. The highest BCUT2D eigenvalue weighted by atomic mass is 16.2. The molecule has 1 aliphatic rings. The van der Waals surface area contributed by atoms with Gasteiger partial charge in [0, 0.05) is 38.4 Å². The fourth-order valence-corrected chi connectivity index (χ4v) is 3.28. The van der Waals surface area contributed by atoms with E-state index < -0.39 is 0 Å². The Bertz CT molecular complexity index is 738. The lowest BCUT2D eigenvalue weighted by atomic mass is 10.2. The summed E-state index contributed by atoms with van der Waals surface area (Å²) in [6.07, 6.45) is 0. The van der Waals surface area contributed by atoms with E-state index in [1.807, 2.05) is 44.2 Å². The number of rotatable bonds is 5. The van der Waals surface area contributed by atoms with Gasteiger partial charge in [0.1, 0.15) is 0 Å². The van der Waals surface area contributed by atoms with Crippen molar-refractivity contribution in [3.63, 3.8) is 0 Å². The topological polar surface area (TPSA) is 52.6 Å². The van der Waals surface area contributed by atoms with Gasteiger partial charge in [0.15, 0.2) is 11.5 Å². The minimum Gasteiger partial charge on any atom is -0.353 e. The highest BCUT2D eigenvalue weighted by molar-refractivity contribution is 6.04. The van der Waals surface area contributed by atoms with Gasteiger partial charge in [-0.25, -0.2) is 0 Å². The van der Waals surface area contributed by atoms with Crippen LogP contribution in [0.4, 0.5) is 11.5 Å². The lowest BCUT2D eigenvalue weighted by Gasteiger charge is -2.34. The maximum atomic E-state index is 12.9. The molecule has 0 atom stereocenters. The van der Waals surface area contributed by atoms with Crippen LogP contribution < -0.4 is 9.80 Å². The zero-order valence-corrected chi connectivity index (χ0v) is 15.9. The number of benzene rings is 1. The van der Waals surface area contributed by atoms with Crippen LogP contribution in [0.5, 0.6) is 0 Å². The van der Waals surface area contributed by atoms with Crippen molar-refractivity contribution in [2.75, 3.05) is 49.1 Å². The molecule has 3 rings (SSSR count). The first-order valence-electron chi connectivity index (χ1n) is 9.32. The summed E-state index contributed by atoms with van der Waals surface area (Å²) >= 11 is 0. The molecule has 1 fully saturated rings. The molecule has 26 heavy (non-hydrogen) atoms. The van der Waals surface area contributed by atoms with Crippen molar-refractivity contribution < 1.29 is 4.79 Å². The standard InChI is InChI=1S/C20H27N5O/c1-4-23-11-13-24(14-12-23)19-10-9-18(21-22-19)20(26)25(5-2)17-8-6-7-16(3)15-17/h6-10,15H,4-5,11-14H2,1-3H3. The van der Waals surface area contributed by atoms with Crippen LogP contribution in [0.15, 0.2) is 36.4 Å². The second-order valence-corrected chi connectivity index (χ2v) is 6.59. The predicted molar refractivity (Wildman–Crippen MR) is 105 cm³/mol. The van der Waals surface area contributed by atoms with Gasteiger partial charge in [-0.05, 0) is 50.2 Å². The molecule has 1 aromatic heterocycles. The molecule has 0 N–H and O–H groups in total. The average molecular weight is 353 g/mol. The molecule has 2 heterocycles. The summed E-state index contributed by atoms with van der Waals surface area (Å²) in [4.78, 5) is 19.2. The molecule has 0 radical (unpaired) electrons. The van der Waals surface area contributed by atoms with Gasteiger partial charge in [-0.1, -0.05) is 19.1 Å². The first kappa shape index (κ1) is 18.3. The number of likely N-dealkylation sites (N-methyl/N-ethyl adjacent to an activating group) is 1. The molecule has 0 unspecified atom stereocenters. The number of hydrogen-bond donors (Lipinski definition) is 0. The Hall–Kier alpha value is -2.47. The minimum absolute atomic E-state index is 0.118. The molecule has 6 heteroatoms. The average Bonchev–Trinajstić information content (AvgIpc) is 2.69. The van der Waals surface area contributed by atoms with E-state index in [1.54, 1.807) is 11.0 Å². The zero-order chi connectivity index (χ0) is 18.5. The number of nitrogens with zero attached hydrogens (tertiary/aromatic N) is 5. The third-order valence-corrected chi connectivity index (χ3v) is 4.89. The highest BCUT2D eigenvalue weighted by Gasteiger charge is 2.20. The van der Waals surface area contributed by atoms with Crippen LogP contribution in [-0.4, -0.2) is 60.3 Å². The van der Waals surface area contributed by atoms with E-state index in [4.69, 9.17) is 0 Å². The van der Waals surface area contributed by atoms with Crippen molar-refractivity contribution >= 4 is 17.4 Å². The van der Waals surface area contributed by atoms with Crippen LogP contribution in [0.25, 0.3) is 0 Å². The third kappa shape index (κ3) is 4.02. The van der Waals surface area contributed by atoms with Crippen LogP contribution in [-0.2, 0) is 0 Å². The molecule has 1 amide bonds. The number of aromatic nitrogens is 2. The van der Waals surface area contributed by atoms with Crippen LogP contribution in [0.1, 0.15) is 29.9 Å². The van der Waals surface area contributed by atoms with Crippen molar-refractivity contribution in [3.05, 3.63) is 47.7 Å². The van der Waals surface area contributed by atoms with Gasteiger partial charge in [-0.2, -0.15) is 0 Å². The Morgan fingerprint density at radius 1 is 1.08 bits per heavy atom. The second kappa shape index (κ2) is 8.27. The minimum atomic E-state index is -0.118. The molecule has 0 saturated carbocycles. The van der Waals surface area contributed by atoms with Gasteiger partial charge < -0.3 is 14.7 Å². The van der Waals surface area contributed by atoms with E-state index in [2.05, 4.69) is 26.9 Å². The Balaban J connectivity index is 1.72. The molecule has 2 aromatic rings. The summed E-state index contributed by atoms with van der Waals surface area (Å²) < 4.78 is 0. The van der Waals surface area contributed by atoms with E-state index >= 15 is 0 Å². The van der Waals surface area contributed by atoms with Crippen LogP contribution in [0.2, 0.25) is 0 Å². The van der Waals surface area contributed by atoms with Gasteiger partial charge in [0.25, 0.3) is 5.91 Å². The van der Waals surface area contributed by atoms with E-state index in [1.165, 1.54) is 0 Å². The van der Waals surface area contributed by atoms with E-state index in [-0.39, 0.29) is 5.91 Å². The van der Waals surface area contributed by atoms with E-state index in [0.29, 0.717) is 12.2 Å². The van der Waals surface area contributed by atoms with Crippen molar-refractivity contribution in [3.8, 4) is 0 Å². The van der Waals surface area contributed by atoms with Crippen molar-refractivity contribution in [1.82, 2.24) is 15.1 Å². The summed E-state index contributed by atoms with van der Waals surface area (Å²) in [5.41, 5.74) is 2.39. The molecule has 0 spiro atoms. The maximum absolute atomic E-state index is 12.9. The van der Waals surface area contributed by atoms with Gasteiger partial charge in [-0.3, -0.25) is 4.79 Å². The molecule has 138 valence electrons. The fraction of sp³-hybridized carbons (Fsp3) is 0.450. The number of hydrogen-bond acceptors (Lipinski definition) is 5. The van der Waals surface area contributed by atoms with Crippen LogP contribution in [0.3, 0.4) is 0 Å². The largest absolute Gasteiger partial charge is 0.353 e. The normalized spacial score (nSPS) is 15.1. The van der Waals surface area contributed by atoms with Gasteiger partial charge >= 0.3 is 0 Å². The quantitative estimate of drug-likeness (QED) is 0.827. The van der Waals surface area contributed by atoms with Gasteiger partial charge in [0.05, 0.1) is 0 Å². The van der Waals surface area contributed by atoms with Crippen molar-refractivity contribution in [2.24, 2.45) is 0 Å². The van der Waals surface area contributed by atoms with E-state index in [0.717, 1.165) is 49.8 Å². The third-order valence-electron chi connectivity index (χ3n) is 4.89. The predicted octanol–water partition coefficient (Wildman–Crippen LogP) is 2.59. The first-order chi connectivity index (χ1) is 12.6. The first-order valence-corrected chi connectivity index (χ1v) is 9.32. The van der Waals surface area contributed by atoms with Crippen molar-refractivity contribution in [1.29, 1.82) is 0 Å². The lowest BCUT2D eigenvalue weighted by Crippen LogP contribution is -2.46. The highest BCUT2D eigenvalue weighted by Crippen LogP contribution is 2.19. The molecule has 0 bridgehead atoms. The summed E-state index contributed by atoms with van der Waals surface area (Å²) in [5, 5.41) is 8.53. The van der Waals surface area contributed by atoms with E-state index in [9.17, 15) is 4.79 Å². The van der Waals surface area contributed by atoms with Gasteiger partial charge in [0.2, 0.25) is 0 Å². The smallest absolute Gasteiger partial charge is 0.278 e. The number of carbonyl (C=O) groups excluding carboxylic acids is 1. The molecule has 6 nitrogen and oxygen atoms in total.